The normalized spacial score (nSPS) is 14.3. The highest BCUT2D eigenvalue weighted by Crippen LogP contribution is 2.20. The van der Waals surface area contributed by atoms with Crippen molar-refractivity contribution in [1.82, 2.24) is 15.2 Å². The Morgan fingerprint density at radius 2 is 2.19 bits per heavy atom. The third-order valence-corrected chi connectivity index (χ3v) is 4.43. The highest BCUT2D eigenvalue weighted by molar-refractivity contribution is 5.98. The fourth-order valence-corrected chi connectivity index (χ4v) is 3.03. The van der Waals surface area contributed by atoms with Crippen LogP contribution in [0.25, 0.3) is 10.9 Å². The molecule has 27 heavy (non-hydrogen) atoms. The van der Waals surface area contributed by atoms with Crippen LogP contribution in [0.2, 0.25) is 0 Å². The van der Waals surface area contributed by atoms with Crippen LogP contribution >= 0.6 is 0 Å². The van der Waals surface area contributed by atoms with E-state index in [0.717, 1.165) is 29.6 Å². The summed E-state index contributed by atoms with van der Waals surface area (Å²) >= 11 is 0. The van der Waals surface area contributed by atoms with Crippen LogP contribution in [0.5, 0.6) is 0 Å². The van der Waals surface area contributed by atoms with Gasteiger partial charge < -0.3 is 15.5 Å². The number of rotatable bonds is 7. The molecule has 0 atom stereocenters. The van der Waals surface area contributed by atoms with E-state index >= 15 is 0 Å². The average molecular weight is 363 g/mol. The van der Waals surface area contributed by atoms with Crippen LogP contribution in [-0.2, 0) is 9.59 Å². The van der Waals surface area contributed by atoms with Gasteiger partial charge in [0.1, 0.15) is 11.6 Å². The second-order valence-electron chi connectivity index (χ2n) is 6.29. The monoisotopic (exact) mass is 363 g/mol. The van der Waals surface area contributed by atoms with E-state index in [1.54, 1.807) is 6.20 Å². The molecule has 0 aliphatic carbocycles. The number of para-hydroxylation sites is 1. The van der Waals surface area contributed by atoms with Crippen LogP contribution in [0.1, 0.15) is 19.3 Å². The van der Waals surface area contributed by atoms with E-state index in [0.29, 0.717) is 25.9 Å². The lowest BCUT2D eigenvalue weighted by Crippen LogP contribution is -2.31. The Labute approximate surface area is 157 Å². The second kappa shape index (κ2) is 8.81. The van der Waals surface area contributed by atoms with Crippen molar-refractivity contribution >= 4 is 28.4 Å². The number of nitrogens with zero attached hydrogens (tertiary/aromatic N) is 3. The molecule has 3 rings (SSSR count). The molecule has 1 aliphatic rings. The van der Waals surface area contributed by atoms with Crippen molar-refractivity contribution in [3.05, 3.63) is 48.3 Å². The summed E-state index contributed by atoms with van der Waals surface area (Å²) in [6.07, 6.45) is 5.27. The predicted molar refractivity (Wildman–Crippen MR) is 103 cm³/mol. The van der Waals surface area contributed by atoms with Crippen LogP contribution in [0.15, 0.2) is 48.3 Å². The van der Waals surface area contributed by atoms with Gasteiger partial charge in [-0.3, -0.25) is 14.6 Å². The number of carbonyl (C=O) groups is 2. The summed E-state index contributed by atoms with van der Waals surface area (Å²) in [4.78, 5) is 29.9. The van der Waals surface area contributed by atoms with Gasteiger partial charge in [-0.15, -0.1) is 0 Å². The van der Waals surface area contributed by atoms with Crippen molar-refractivity contribution in [2.45, 2.75) is 19.3 Å². The largest absolute Gasteiger partial charge is 0.358 e. The standard InChI is InChI=1S/C20H21N5O2/c21-13-16(20(27)23-10-4-12-25-11-3-8-18(25)26)14-24-17-7-1-5-15-6-2-9-22-19(15)17/h1-2,5-7,9,14,24H,3-4,8,10-12H2,(H,23,27)/b16-14-. The van der Waals surface area contributed by atoms with Gasteiger partial charge in [-0.25, -0.2) is 0 Å². The van der Waals surface area contributed by atoms with Gasteiger partial charge in [-0.1, -0.05) is 18.2 Å². The minimum atomic E-state index is -0.439. The number of likely N-dealkylation sites (tertiary alicyclic amines) is 1. The second-order valence-corrected chi connectivity index (χ2v) is 6.29. The molecular formula is C20H21N5O2. The van der Waals surface area contributed by atoms with E-state index < -0.39 is 5.91 Å². The van der Waals surface area contributed by atoms with E-state index in [9.17, 15) is 14.9 Å². The number of hydrogen-bond acceptors (Lipinski definition) is 5. The Balaban J connectivity index is 1.54. The molecule has 2 amide bonds. The lowest BCUT2D eigenvalue weighted by atomic mass is 10.2. The number of nitriles is 1. The molecule has 1 saturated heterocycles. The van der Waals surface area contributed by atoms with Gasteiger partial charge in [-0.05, 0) is 25.0 Å². The summed E-state index contributed by atoms with van der Waals surface area (Å²) in [5.41, 5.74) is 1.48. The maximum absolute atomic E-state index is 12.2. The number of benzene rings is 1. The molecule has 0 spiro atoms. The van der Waals surface area contributed by atoms with Crippen molar-refractivity contribution in [2.24, 2.45) is 0 Å². The van der Waals surface area contributed by atoms with Gasteiger partial charge in [0.2, 0.25) is 5.91 Å². The number of amides is 2. The van der Waals surface area contributed by atoms with Gasteiger partial charge in [-0.2, -0.15) is 5.26 Å². The number of anilines is 1. The number of fused-ring (bicyclic) bond motifs is 1. The minimum absolute atomic E-state index is 0.0137. The Kier molecular flexibility index (Phi) is 6.00. The van der Waals surface area contributed by atoms with Gasteiger partial charge >= 0.3 is 0 Å². The van der Waals surface area contributed by atoms with Gasteiger partial charge in [0, 0.05) is 43.8 Å². The molecule has 0 bridgehead atoms. The zero-order chi connectivity index (χ0) is 19.1. The third-order valence-electron chi connectivity index (χ3n) is 4.43. The Morgan fingerprint density at radius 3 is 2.96 bits per heavy atom. The third kappa shape index (κ3) is 4.61. The van der Waals surface area contributed by atoms with E-state index in [-0.39, 0.29) is 11.5 Å². The molecule has 138 valence electrons. The Morgan fingerprint density at radius 1 is 1.33 bits per heavy atom. The van der Waals surface area contributed by atoms with Gasteiger partial charge in [0.05, 0.1) is 11.2 Å². The molecule has 2 aromatic rings. The number of pyridine rings is 1. The number of aromatic nitrogens is 1. The fourth-order valence-electron chi connectivity index (χ4n) is 3.03. The van der Waals surface area contributed by atoms with Crippen LogP contribution in [-0.4, -0.2) is 41.3 Å². The summed E-state index contributed by atoms with van der Waals surface area (Å²) in [7, 11) is 0. The van der Waals surface area contributed by atoms with E-state index in [2.05, 4.69) is 15.6 Å². The summed E-state index contributed by atoms with van der Waals surface area (Å²) in [6, 6.07) is 11.4. The van der Waals surface area contributed by atoms with Crippen molar-refractivity contribution in [3.8, 4) is 6.07 Å². The number of nitrogens with one attached hydrogen (secondary N) is 2. The molecule has 0 radical (unpaired) electrons. The molecule has 2 N–H and O–H groups in total. The van der Waals surface area contributed by atoms with Crippen molar-refractivity contribution in [2.75, 3.05) is 25.0 Å². The van der Waals surface area contributed by atoms with Crippen LogP contribution in [0.3, 0.4) is 0 Å². The van der Waals surface area contributed by atoms with Gasteiger partial charge in [0.25, 0.3) is 5.91 Å². The zero-order valence-corrected chi connectivity index (χ0v) is 14.9. The van der Waals surface area contributed by atoms with E-state index in [1.165, 1.54) is 6.20 Å². The lowest BCUT2D eigenvalue weighted by molar-refractivity contribution is -0.127. The fraction of sp³-hybridized carbons (Fsp3) is 0.300. The van der Waals surface area contributed by atoms with Crippen LogP contribution < -0.4 is 10.6 Å². The van der Waals surface area contributed by atoms with E-state index in [1.807, 2.05) is 41.3 Å². The SMILES string of the molecule is N#C/C(=C/Nc1cccc2cccnc12)C(=O)NCCCN1CCCC1=O. The maximum Gasteiger partial charge on any atom is 0.263 e. The molecule has 0 unspecified atom stereocenters. The van der Waals surface area contributed by atoms with E-state index in [4.69, 9.17) is 0 Å². The smallest absolute Gasteiger partial charge is 0.263 e. The highest BCUT2D eigenvalue weighted by atomic mass is 16.2. The first-order valence-electron chi connectivity index (χ1n) is 8.95. The molecule has 7 nitrogen and oxygen atoms in total. The molecule has 7 heteroatoms. The summed E-state index contributed by atoms with van der Waals surface area (Å²) < 4.78 is 0. The average Bonchev–Trinajstić information content (AvgIpc) is 3.10. The first-order valence-corrected chi connectivity index (χ1v) is 8.95. The quantitative estimate of drug-likeness (QED) is 0.446. The molecule has 1 aliphatic heterocycles. The molecule has 2 heterocycles. The maximum atomic E-state index is 12.2. The Hall–Kier alpha value is -3.40. The topological polar surface area (TPSA) is 98.1 Å². The van der Waals surface area contributed by atoms with Crippen LogP contribution in [0.4, 0.5) is 5.69 Å². The molecule has 0 saturated carbocycles. The highest BCUT2D eigenvalue weighted by Gasteiger charge is 2.19. The Bertz CT molecular complexity index is 911. The van der Waals surface area contributed by atoms with Crippen molar-refractivity contribution < 1.29 is 9.59 Å². The summed E-state index contributed by atoms with van der Waals surface area (Å²) in [5.74, 6) is -0.266. The summed E-state index contributed by atoms with van der Waals surface area (Å²) in [5, 5.41) is 16.0. The first kappa shape index (κ1) is 18.4. The first-order chi connectivity index (χ1) is 13.2. The van der Waals surface area contributed by atoms with Gasteiger partial charge in [0.15, 0.2) is 0 Å². The minimum Gasteiger partial charge on any atom is -0.358 e. The zero-order valence-electron chi connectivity index (χ0n) is 14.9. The molecule has 1 aromatic carbocycles. The van der Waals surface area contributed by atoms with Crippen LogP contribution in [0, 0.1) is 11.3 Å². The molecule has 1 aromatic heterocycles. The summed E-state index contributed by atoms with van der Waals surface area (Å²) in [6.45, 7) is 1.83. The van der Waals surface area contributed by atoms with Crippen molar-refractivity contribution in [3.63, 3.8) is 0 Å². The predicted octanol–water partition coefficient (Wildman–Crippen LogP) is 2.18. The number of carbonyl (C=O) groups excluding carboxylic acids is 2. The lowest BCUT2D eigenvalue weighted by Gasteiger charge is -2.15. The number of hydrogen-bond donors (Lipinski definition) is 2. The van der Waals surface area contributed by atoms with Crippen molar-refractivity contribution in [1.29, 1.82) is 5.26 Å². The molecular weight excluding hydrogens is 342 g/mol. The molecule has 1 fully saturated rings.